The molecule has 17 heavy (non-hydrogen) atoms. The van der Waals surface area contributed by atoms with Gasteiger partial charge in [-0.1, -0.05) is 51.3 Å². The highest BCUT2D eigenvalue weighted by Crippen LogP contribution is 2.24. The van der Waals surface area contributed by atoms with Gasteiger partial charge in [0, 0.05) is 20.6 Å². The van der Waals surface area contributed by atoms with Crippen molar-refractivity contribution in [2.24, 2.45) is 0 Å². The monoisotopic (exact) mass is 308 g/mol. The maximum absolute atomic E-state index is 12.3. The molecule has 3 heteroatoms. The first-order chi connectivity index (χ1) is 8.08. The van der Waals surface area contributed by atoms with E-state index in [4.69, 9.17) is 11.6 Å². The fourth-order valence-corrected chi connectivity index (χ4v) is 2.21. The van der Waals surface area contributed by atoms with Gasteiger partial charge in [-0.3, -0.25) is 4.79 Å². The van der Waals surface area contributed by atoms with E-state index >= 15 is 0 Å². The molecule has 0 atom stereocenters. The van der Waals surface area contributed by atoms with Crippen molar-refractivity contribution in [3.8, 4) is 0 Å². The van der Waals surface area contributed by atoms with E-state index in [-0.39, 0.29) is 5.78 Å². The highest BCUT2D eigenvalue weighted by molar-refractivity contribution is 9.10. The maximum atomic E-state index is 12.3. The highest BCUT2D eigenvalue weighted by Gasteiger charge is 2.12. The van der Waals surface area contributed by atoms with Crippen LogP contribution < -0.4 is 0 Å². The summed E-state index contributed by atoms with van der Waals surface area (Å²) in [5.41, 5.74) is 2.32. The molecule has 0 bridgehead atoms. The lowest BCUT2D eigenvalue weighted by Crippen LogP contribution is -2.02. The smallest absolute Gasteiger partial charge is 0.194 e. The van der Waals surface area contributed by atoms with Crippen molar-refractivity contribution in [3.63, 3.8) is 0 Å². The SMILES string of the molecule is Cc1cccc(C(=O)c2cc(Cl)ccc2Br)c1. The van der Waals surface area contributed by atoms with Crippen molar-refractivity contribution in [1.29, 1.82) is 0 Å². The number of ketones is 1. The second-order valence-electron chi connectivity index (χ2n) is 3.82. The number of aryl methyl sites for hydroxylation is 1. The summed E-state index contributed by atoms with van der Waals surface area (Å²) in [5.74, 6) is -0.0249. The Kier molecular flexibility index (Phi) is 3.65. The van der Waals surface area contributed by atoms with E-state index in [1.165, 1.54) is 0 Å². The quantitative estimate of drug-likeness (QED) is 0.738. The number of hydrogen-bond donors (Lipinski definition) is 0. The largest absolute Gasteiger partial charge is 0.289 e. The fourth-order valence-electron chi connectivity index (χ4n) is 1.61. The second kappa shape index (κ2) is 5.03. The molecule has 0 amide bonds. The van der Waals surface area contributed by atoms with Gasteiger partial charge >= 0.3 is 0 Å². The van der Waals surface area contributed by atoms with Gasteiger partial charge in [-0.05, 0) is 31.2 Å². The first-order valence-corrected chi connectivity index (χ1v) is 6.31. The molecule has 0 aliphatic heterocycles. The van der Waals surface area contributed by atoms with Crippen molar-refractivity contribution in [2.45, 2.75) is 6.92 Å². The van der Waals surface area contributed by atoms with Gasteiger partial charge in [0.25, 0.3) is 0 Å². The van der Waals surface area contributed by atoms with Gasteiger partial charge in [-0.15, -0.1) is 0 Å². The standard InChI is InChI=1S/C14H10BrClO/c1-9-3-2-4-10(7-9)14(17)12-8-11(16)5-6-13(12)15/h2-8H,1H3. The summed E-state index contributed by atoms with van der Waals surface area (Å²) in [4.78, 5) is 12.3. The molecule has 0 N–H and O–H groups in total. The summed E-state index contributed by atoms with van der Waals surface area (Å²) in [6, 6.07) is 12.7. The molecule has 0 saturated carbocycles. The molecule has 0 aromatic heterocycles. The number of hydrogen-bond acceptors (Lipinski definition) is 1. The zero-order valence-electron chi connectivity index (χ0n) is 9.21. The first-order valence-electron chi connectivity index (χ1n) is 5.14. The third kappa shape index (κ3) is 2.76. The van der Waals surface area contributed by atoms with Crippen LogP contribution in [-0.4, -0.2) is 5.78 Å². The highest BCUT2D eigenvalue weighted by atomic mass is 79.9. The van der Waals surface area contributed by atoms with Crippen molar-refractivity contribution < 1.29 is 4.79 Å². The molecule has 2 rings (SSSR count). The number of carbonyl (C=O) groups is 1. The fraction of sp³-hybridized carbons (Fsp3) is 0.0714. The van der Waals surface area contributed by atoms with Gasteiger partial charge in [0.05, 0.1) is 0 Å². The van der Waals surface area contributed by atoms with Crippen LogP contribution in [0.5, 0.6) is 0 Å². The zero-order valence-corrected chi connectivity index (χ0v) is 11.5. The molecule has 0 saturated heterocycles. The Balaban J connectivity index is 2.47. The minimum absolute atomic E-state index is 0.0249. The average Bonchev–Trinajstić information content (AvgIpc) is 2.31. The van der Waals surface area contributed by atoms with Crippen molar-refractivity contribution in [1.82, 2.24) is 0 Å². The van der Waals surface area contributed by atoms with Crippen LogP contribution in [0.1, 0.15) is 21.5 Å². The second-order valence-corrected chi connectivity index (χ2v) is 5.11. The molecular weight excluding hydrogens is 300 g/mol. The number of benzene rings is 2. The van der Waals surface area contributed by atoms with E-state index in [9.17, 15) is 4.79 Å². The molecule has 0 heterocycles. The molecule has 0 aliphatic rings. The molecule has 86 valence electrons. The summed E-state index contributed by atoms with van der Waals surface area (Å²) in [6.45, 7) is 1.96. The minimum atomic E-state index is -0.0249. The normalized spacial score (nSPS) is 10.3. The van der Waals surface area contributed by atoms with Gasteiger partial charge in [-0.2, -0.15) is 0 Å². The Hall–Kier alpha value is -1.12. The Labute approximate surface area is 114 Å². The maximum Gasteiger partial charge on any atom is 0.194 e. The topological polar surface area (TPSA) is 17.1 Å². The minimum Gasteiger partial charge on any atom is -0.289 e. The Morgan fingerprint density at radius 1 is 1.18 bits per heavy atom. The predicted molar refractivity (Wildman–Crippen MR) is 73.8 cm³/mol. The summed E-state index contributed by atoms with van der Waals surface area (Å²) in [7, 11) is 0. The predicted octanol–water partition coefficient (Wildman–Crippen LogP) is 4.64. The third-order valence-corrected chi connectivity index (χ3v) is 3.38. The van der Waals surface area contributed by atoms with Crippen molar-refractivity contribution in [3.05, 3.63) is 68.7 Å². The van der Waals surface area contributed by atoms with E-state index in [2.05, 4.69) is 15.9 Å². The van der Waals surface area contributed by atoms with Crippen molar-refractivity contribution >= 4 is 33.3 Å². The lowest BCUT2D eigenvalue weighted by molar-refractivity contribution is 0.103. The molecule has 0 unspecified atom stereocenters. The van der Waals surface area contributed by atoms with Gasteiger partial charge in [-0.25, -0.2) is 0 Å². The molecule has 0 fully saturated rings. The molecule has 0 spiro atoms. The van der Waals surface area contributed by atoms with E-state index in [0.717, 1.165) is 10.0 Å². The lowest BCUT2D eigenvalue weighted by Gasteiger charge is -2.05. The molecule has 1 nitrogen and oxygen atoms in total. The van der Waals surface area contributed by atoms with Crippen LogP contribution in [0.25, 0.3) is 0 Å². The van der Waals surface area contributed by atoms with E-state index in [1.807, 2.05) is 31.2 Å². The molecule has 2 aromatic carbocycles. The van der Waals surface area contributed by atoms with Crippen LogP contribution in [0.2, 0.25) is 5.02 Å². The molecule has 0 radical (unpaired) electrons. The molecule has 0 aliphatic carbocycles. The van der Waals surface area contributed by atoms with Gasteiger partial charge in [0.1, 0.15) is 0 Å². The van der Waals surface area contributed by atoms with Gasteiger partial charge in [0.15, 0.2) is 5.78 Å². The van der Waals surface area contributed by atoms with Crippen LogP contribution in [0.3, 0.4) is 0 Å². The Morgan fingerprint density at radius 3 is 2.65 bits per heavy atom. The summed E-state index contributed by atoms with van der Waals surface area (Å²) in [5, 5.41) is 0.559. The van der Waals surface area contributed by atoms with E-state index in [1.54, 1.807) is 18.2 Å². The average molecular weight is 310 g/mol. The number of carbonyl (C=O) groups excluding carboxylic acids is 1. The third-order valence-electron chi connectivity index (χ3n) is 2.45. The van der Waals surface area contributed by atoms with Crippen LogP contribution in [0, 0.1) is 6.92 Å². The van der Waals surface area contributed by atoms with Gasteiger partial charge < -0.3 is 0 Å². The van der Waals surface area contributed by atoms with Crippen LogP contribution in [-0.2, 0) is 0 Å². The summed E-state index contributed by atoms with van der Waals surface area (Å²) < 4.78 is 0.758. The van der Waals surface area contributed by atoms with E-state index < -0.39 is 0 Å². The van der Waals surface area contributed by atoms with Gasteiger partial charge in [0.2, 0.25) is 0 Å². The Bertz CT molecular complexity index is 578. The van der Waals surface area contributed by atoms with Crippen LogP contribution >= 0.6 is 27.5 Å². The molecule has 2 aromatic rings. The summed E-state index contributed by atoms with van der Waals surface area (Å²) in [6.07, 6.45) is 0. The van der Waals surface area contributed by atoms with Crippen molar-refractivity contribution in [2.75, 3.05) is 0 Å². The van der Waals surface area contributed by atoms with Crippen LogP contribution in [0.15, 0.2) is 46.9 Å². The number of rotatable bonds is 2. The Morgan fingerprint density at radius 2 is 1.94 bits per heavy atom. The lowest BCUT2D eigenvalue weighted by atomic mass is 10.0. The molecular formula is C14H10BrClO. The number of halogens is 2. The summed E-state index contributed by atoms with van der Waals surface area (Å²) >= 11 is 9.27. The zero-order chi connectivity index (χ0) is 12.4. The van der Waals surface area contributed by atoms with E-state index in [0.29, 0.717) is 16.1 Å². The first kappa shape index (κ1) is 12.3. The van der Waals surface area contributed by atoms with Crippen LogP contribution in [0.4, 0.5) is 0 Å².